The number of H-pyrrole nitrogens is 1. The highest BCUT2D eigenvalue weighted by Crippen LogP contribution is 2.42. The number of oxime groups is 1. The van der Waals surface area contributed by atoms with Gasteiger partial charge in [-0.3, -0.25) is 9.89 Å². The Morgan fingerprint density at radius 3 is 2.96 bits per heavy atom. The zero-order chi connectivity index (χ0) is 15.4. The normalized spacial score (nSPS) is 28.6. The van der Waals surface area contributed by atoms with Crippen molar-refractivity contribution in [3.05, 3.63) is 17.5 Å². The molecule has 1 amide bonds. The van der Waals surface area contributed by atoms with Crippen LogP contribution in [0.4, 0.5) is 0 Å². The lowest BCUT2D eigenvalue weighted by atomic mass is 9.87. The van der Waals surface area contributed by atoms with E-state index in [1.165, 1.54) is 18.6 Å². The molecular formula is C16H20N4O3. The molecule has 1 aliphatic carbocycles. The molecule has 1 atom stereocenters. The van der Waals surface area contributed by atoms with Gasteiger partial charge in [0.15, 0.2) is 5.60 Å². The van der Waals surface area contributed by atoms with E-state index in [0.29, 0.717) is 24.6 Å². The third-order valence-electron chi connectivity index (χ3n) is 5.30. The number of amides is 1. The van der Waals surface area contributed by atoms with Crippen LogP contribution in [0.1, 0.15) is 54.3 Å². The first kappa shape index (κ1) is 13.5. The number of ether oxygens (including phenoxy) is 1. The number of hydrogen-bond donors (Lipinski definition) is 1. The first-order valence-corrected chi connectivity index (χ1v) is 8.43. The Kier molecular flexibility index (Phi) is 2.83. The average Bonchev–Trinajstić information content (AvgIpc) is 3.01. The number of carbonyl (C=O) groups is 1. The van der Waals surface area contributed by atoms with Crippen LogP contribution in [0.5, 0.6) is 0 Å². The molecule has 2 saturated heterocycles. The Labute approximate surface area is 134 Å². The fourth-order valence-electron chi connectivity index (χ4n) is 3.84. The van der Waals surface area contributed by atoms with Crippen LogP contribution in [0.25, 0.3) is 0 Å². The van der Waals surface area contributed by atoms with Crippen molar-refractivity contribution in [1.29, 1.82) is 0 Å². The average molecular weight is 316 g/mol. The molecule has 0 radical (unpaired) electrons. The number of hydrogen-bond acceptors (Lipinski definition) is 5. The van der Waals surface area contributed by atoms with Gasteiger partial charge in [-0.05, 0) is 25.7 Å². The summed E-state index contributed by atoms with van der Waals surface area (Å²) in [6.45, 7) is 1.97. The summed E-state index contributed by atoms with van der Waals surface area (Å²) in [6, 6.07) is 0. The summed E-state index contributed by atoms with van der Waals surface area (Å²) in [6.07, 6.45) is 6.91. The minimum Gasteiger partial charge on any atom is -0.385 e. The Morgan fingerprint density at radius 1 is 1.35 bits per heavy atom. The summed E-state index contributed by atoms with van der Waals surface area (Å²) in [5.41, 5.74) is 2.38. The maximum atomic E-state index is 12.8. The van der Waals surface area contributed by atoms with Gasteiger partial charge in [-0.1, -0.05) is 5.16 Å². The van der Waals surface area contributed by atoms with Crippen LogP contribution in [0.2, 0.25) is 0 Å². The summed E-state index contributed by atoms with van der Waals surface area (Å²) in [4.78, 5) is 20.2. The third kappa shape index (κ3) is 2.17. The monoisotopic (exact) mass is 316 g/mol. The maximum Gasteiger partial charge on any atom is 0.257 e. The molecule has 1 aromatic rings. The number of rotatable bonds is 3. The van der Waals surface area contributed by atoms with Crippen LogP contribution in [0.15, 0.2) is 11.4 Å². The SMILES string of the molecule is O=C(c1cn[nH]c1C1CCCO1)N1CC2(CC(C3CC3)=NO2)C1. The van der Waals surface area contributed by atoms with E-state index >= 15 is 0 Å². The van der Waals surface area contributed by atoms with Gasteiger partial charge in [-0.15, -0.1) is 0 Å². The molecule has 1 N–H and O–H groups in total. The molecule has 0 bridgehead atoms. The van der Waals surface area contributed by atoms with Crippen LogP contribution in [0, 0.1) is 5.92 Å². The second-order valence-corrected chi connectivity index (χ2v) is 7.17. The van der Waals surface area contributed by atoms with Crippen molar-refractivity contribution < 1.29 is 14.4 Å². The number of carbonyl (C=O) groups excluding carboxylic acids is 1. The quantitative estimate of drug-likeness (QED) is 0.919. The van der Waals surface area contributed by atoms with E-state index in [2.05, 4.69) is 15.4 Å². The molecule has 5 rings (SSSR count). The molecule has 1 spiro atoms. The second-order valence-electron chi connectivity index (χ2n) is 7.17. The summed E-state index contributed by atoms with van der Waals surface area (Å²) in [5.74, 6) is 0.650. The highest BCUT2D eigenvalue weighted by Gasteiger charge is 2.53. The van der Waals surface area contributed by atoms with Crippen LogP contribution in [-0.2, 0) is 9.57 Å². The topological polar surface area (TPSA) is 79.8 Å². The van der Waals surface area contributed by atoms with E-state index in [1.807, 2.05) is 4.90 Å². The molecule has 122 valence electrons. The van der Waals surface area contributed by atoms with E-state index in [4.69, 9.17) is 9.57 Å². The van der Waals surface area contributed by atoms with Crippen molar-refractivity contribution in [1.82, 2.24) is 15.1 Å². The van der Waals surface area contributed by atoms with Gasteiger partial charge >= 0.3 is 0 Å². The van der Waals surface area contributed by atoms with Gasteiger partial charge in [0.2, 0.25) is 0 Å². The second kappa shape index (κ2) is 4.80. The van der Waals surface area contributed by atoms with E-state index in [9.17, 15) is 4.79 Å². The van der Waals surface area contributed by atoms with E-state index in [0.717, 1.165) is 31.6 Å². The Balaban J connectivity index is 1.26. The molecule has 7 nitrogen and oxygen atoms in total. The van der Waals surface area contributed by atoms with Gasteiger partial charge < -0.3 is 14.5 Å². The summed E-state index contributed by atoms with van der Waals surface area (Å²) in [7, 11) is 0. The smallest absolute Gasteiger partial charge is 0.257 e. The Bertz CT molecular complexity index is 667. The molecule has 3 aliphatic heterocycles. The first-order valence-electron chi connectivity index (χ1n) is 8.43. The molecule has 3 fully saturated rings. The highest BCUT2D eigenvalue weighted by atomic mass is 16.7. The van der Waals surface area contributed by atoms with Crippen molar-refractivity contribution in [3.8, 4) is 0 Å². The Morgan fingerprint density at radius 2 is 2.22 bits per heavy atom. The van der Waals surface area contributed by atoms with Gasteiger partial charge in [0.05, 0.1) is 42.4 Å². The predicted molar refractivity (Wildman–Crippen MR) is 81.0 cm³/mol. The van der Waals surface area contributed by atoms with Crippen LogP contribution < -0.4 is 0 Å². The minimum absolute atomic E-state index is 0.0124. The molecule has 1 unspecified atom stereocenters. The van der Waals surface area contributed by atoms with Crippen molar-refractivity contribution in [2.75, 3.05) is 19.7 Å². The zero-order valence-electron chi connectivity index (χ0n) is 13.0. The van der Waals surface area contributed by atoms with Crippen LogP contribution in [-0.4, -0.2) is 52.0 Å². The lowest BCUT2D eigenvalue weighted by Crippen LogP contribution is -2.63. The van der Waals surface area contributed by atoms with E-state index < -0.39 is 0 Å². The molecule has 4 aliphatic rings. The predicted octanol–water partition coefficient (Wildman–Crippen LogP) is 1.64. The lowest BCUT2D eigenvalue weighted by molar-refractivity contribution is -0.110. The van der Waals surface area contributed by atoms with Gasteiger partial charge in [0, 0.05) is 18.9 Å². The number of likely N-dealkylation sites (tertiary alicyclic amines) is 1. The summed E-state index contributed by atoms with van der Waals surface area (Å²) < 4.78 is 5.68. The highest BCUT2D eigenvalue weighted by molar-refractivity contribution is 5.96. The molecule has 4 heterocycles. The molecule has 0 aromatic carbocycles. The fourth-order valence-corrected chi connectivity index (χ4v) is 3.84. The lowest BCUT2D eigenvalue weighted by Gasteiger charge is -2.45. The van der Waals surface area contributed by atoms with Crippen molar-refractivity contribution >= 4 is 11.6 Å². The van der Waals surface area contributed by atoms with Crippen molar-refractivity contribution in [3.63, 3.8) is 0 Å². The van der Waals surface area contributed by atoms with E-state index in [1.54, 1.807) is 6.20 Å². The van der Waals surface area contributed by atoms with Gasteiger partial charge in [-0.2, -0.15) is 5.10 Å². The molecular weight excluding hydrogens is 296 g/mol. The third-order valence-corrected chi connectivity index (χ3v) is 5.30. The molecule has 1 saturated carbocycles. The number of nitrogens with zero attached hydrogens (tertiary/aromatic N) is 3. The van der Waals surface area contributed by atoms with Gasteiger partial charge in [0.1, 0.15) is 0 Å². The molecule has 7 heteroatoms. The first-order chi connectivity index (χ1) is 11.2. The maximum absolute atomic E-state index is 12.8. The van der Waals surface area contributed by atoms with Crippen LogP contribution >= 0.6 is 0 Å². The fraction of sp³-hybridized carbons (Fsp3) is 0.688. The summed E-state index contributed by atoms with van der Waals surface area (Å²) >= 11 is 0. The zero-order valence-corrected chi connectivity index (χ0v) is 13.0. The number of aromatic amines is 1. The van der Waals surface area contributed by atoms with Crippen molar-refractivity contribution in [2.45, 2.75) is 43.8 Å². The molecule has 23 heavy (non-hydrogen) atoms. The Hall–Kier alpha value is -1.89. The largest absolute Gasteiger partial charge is 0.385 e. The van der Waals surface area contributed by atoms with Crippen molar-refractivity contribution in [2.24, 2.45) is 11.1 Å². The number of aromatic nitrogens is 2. The van der Waals surface area contributed by atoms with Gasteiger partial charge in [-0.25, -0.2) is 0 Å². The van der Waals surface area contributed by atoms with Gasteiger partial charge in [0.25, 0.3) is 5.91 Å². The number of nitrogens with one attached hydrogen (secondary N) is 1. The minimum atomic E-state index is -0.263. The standard InChI is InChI=1S/C16H20N4O3/c21-15(11-7-17-18-14(11)13-2-1-5-22-13)20-8-16(9-20)6-12(19-23-16)10-3-4-10/h7,10,13H,1-6,8-9H2,(H,17,18). The molecule has 1 aromatic heterocycles. The van der Waals surface area contributed by atoms with E-state index in [-0.39, 0.29) is 17.6 Å². The van der Waals surface area contributed by atoms with Crippen LogP contribution in [0.3, 0.4) is 0 Å². The summed E-state index contributed by atoms with van der Waals surface area (Å²) in [5, 5.41) is 11.3.